The normalized spacial score (nSPS) is 10.3. The molecule has 1 N–H and O–H groups in total. The lowest BCUT2D eigenvalue weighted by Crippen LogP contribution is -1.90. The van der Waals surface area contributed by atoms with E-state index in [0.29, 0.717) is 0 Å². The SMILES string of the molecule is CNc1ccnc2ccc(Cl)cc12. The van der Waals surface area contributed by atoms with Crippen molar-refractivity contribution in [3.8, 4) is 0 Å². The average molecular weight is 193 g/mol. The van der Waals surface area contributed by atoms with Crippen LogP contribution in [0.5, 0.6) is 0 Å². The number of hydrogen-bond donors (Lipinski definition) is 1. The lowest BCUT2D eigenvalue weighted by Gasteiger charge is -2.04. The van der Waals surface area contributed by atoms with Gasteiger partial charge in [0.05, 0.1) is 5.52 Å². The Kier molecular flexibility index (Phi) is 2.07. The monoisotopic (exact) mass is 192 g/mol. The molecule has 1 heterocycles. The van der Waals surface area contributed by atoms with Gasteiger partial charge in [0.25, 0.3) is 0 Å². The van der Waals surface area contributed by atoms with Gasteiger partial charge in [-0.15, -0.1) is 0 Å². The summed E-state index contributed by atoms with van der Waals surface area (Å²) in [5.41, 5.74) is 2.00. The van der Waals surface area contributed by atoms with Gasteiger partial charge in [-0.1, -0.05) is 11.6 Å². The summed E-state index contributed by atoms with van der Waals surface area (Å²) in [6.45, 7) is 0. The summed E-state index contributed by atoms with van der Waals surface area (Å²) in [5.74, 6) is 0. The van der Waals surface area contributed by atoms with Crippen LogP contribution in [0.3, 0.4) is 0 Å². The molecule has 0 aliphatic heterocycles. The molecule has 1 aromatic heterocycles. The highest BCUT2D eigenvalue weighted by molar-refractivity contribution is 6.31. The maximum absolute atomic E-state index is 5.89. The molecule has 2 nitrogen and oxygen atoms in total. The number of hydrogen-bond acceptors (Lipinski definition) is 2. The van der Waals surface area contributed by atoms with Gasteiger partial charge >= 0.3 is 0 Å². The number of pyridine rings is 1. The van der Waals surface area contributed by atoms with Gasteiger partial charge in [-0.05, 0) is 24.3 Å². The molecule has 0 atom stereocenters. The van der Waals surface area contributed by atoms with Crippen LogP contribution >= 0.6 is 11.6 Å². The van der Waals surface area contributed by atoms with E-state index >= 15 is 0 Å². The Morgan fingerprint density at radius 2 is 2.15 bits per heavy atom. The topological polar surface area (TPSA) is 24.9 Å². The number of halogens is 1. The molecular weight excluding hydrogens is 184 g/mol. The zero-order chi connectivity index (χ0) is 9.26. The summed E-state index contributed by atoms with van der Waals surface area (Å²) in [4.78, 5) is 4.23. The first kappa shape index (κ1) is 8.32. The molecule has 0 aliphatic rings. The van der Waals surface area contributed by atoms with E-state index in [1.165, 1.54) is 0 Å². The van der Waals surface area contributed by atoms with Gasteiger partial charge in [-0.3, -0.25) is 4.98 Å². The van der Waals surface area contributed by atoms with E-state index in [9.17, 15) is 0 Å². The van der Waals surface area contributed by atoms with Crippen molar-refractivity contribution in [2.75, 3.05) is 12.4 Å². The van der Waals surface area contributed by atoms with Crippen LogP contribution < -0.4 is 5.32 Å². The summed E-state index contributed by atoms with van der Waals surface area (Å²) in [6.07, 6.45) is 1.78. The second kappa shape index (κ2) is 3.23. The Balaban J connectivity index is 2.79. The van der Waals surface area contributed by atoms with Crippen LogP contribution in [-0.4, -0.2) is 12.0 Å². The highest BCUT2D eigenvalue weighted by Crippen LogP contribution is 2.23. The van der Waals surface area contributed by atoms with Crippen LogP contribution in [0.15, 0.2) is 30.5 Å². The summed E-state index contributed by atoms with van der Waals surface area (Å²) in [6, 6.07) is 7.60. The third-order valence-corrected chi connectivity index (χ3v) is 2.21. The van der Waals surface area contributed by atoms with Crippen LogP contribution in [0.2, 0.25) is 5.02 Å². The van der Waals surface area contributed by atoms with Crippen LogP contribution in [0, 0.1) is 0 Å². The van der Waals surface area contributed by atoms with Crippen molar-refractivity contribution in [2.45, 2.75) is 0 Å². The lowest BCUT2D eigenvalue weighted by atomic mass is 10.2. The molecule has 2 rings (SSSR count). The second-order valence-corrected chi connectivity index (χ2v) is 3.21. The van der Waals surface area contributed by atoms with Crippen molar-refractivity contribution in [3.05, 3.63) is 35.5 Å². The maximum atomic E-state index is 5.89. The Bertz CT molecular complexity index is 440. The number of nitrogens with one attached hydrogen (secondary N) is 1. The van der Waals surface area contributed by atoms with Gasteiger partial charge in [0.1, 0.15) is 0 Å². The molecule has 0 radical (unpaired) electrons. The van der Waals surface area contributed by atoms with E-state index in [2.05, 4.69) is 10.3 Å². The van der Waals surface area contributed by atoms with Gasteiger partial charge < -0.3 is 5.32 Å². The number of fused-ring (bicyclic) bond motifs is 1. The summed E-state index contributed by atoms with van der Waals surface area (Å²) in [7, 11) is 1.88. The molecule has 0 unspecified atom stereocenters. The molecule has 66 valence electrons. The molecule has 0 fully saturated rings. The van der Waals surface area contributed by atoms with Gasteiger partial charge in [0, 0.05) is 29.3 Å². The molecule has 1 aromatic carbocycles. The molecule has 0 spiro atoms. The van der Waals surface area contributed by atoms with Gasteiger partial charge in [-0.2, -0.15) is 0 Å². The standard InChI is InChI=1S/C10H9ClN2/c1-12-9-4-5-13-10-3-2-7(11)6-8(9)10/h2-6H,1H3,(H,12,13). The number of benzene rings is 1. The fourth-order valence-corrected chi connectivity index (χ4v) is 1.51. The minimum atomic E-state index is 0.733. The summed E-state index contributed by atoms with van der Waals surface area (Å²) >= 11 is 5.89. The predicted octanol–water partition coefficient (Wildman–Crippen LogP) is 2.93. The van der Waals surface area contributed by atoms with Crippen LogP contribution in [0.4, 0.5) is 5.69 Å². The molecule has 0 bridgehead atoms. The van der Waals surface area contributed by atoms with E-state index in [1.807, 2.05) is 31.3 Å². The molecular formula is C10H9ClN2. The van der Waals surface area contributed by atoms with Gasteiger partial charge in [0.15, 0.2) is 0 Å². The molecule has 0 amide bonds. The maximum Gasteiger partial charge on any atom is 0.0723 e. The lowest BCUT2D eigenvalue weighted by molar-refractivity contribution is 1.40. The molecule has 0 aliphatic carbocycles. The Morgan fingerprint density at radius 3 is 2.92 bits per heavy atom. The second-order valence-electron chi connectivity index (χ2n) is 2.77. The molecule has 0 saturated carbocycles. The summed E-state index contributed by atoms with van der Waals surface area (Å²) < 4.78 is 0. The Hall–Kier alpha value is -1.28. The number of anilines is 1. The van der Waals surface area contributed by atoms with Crippen LogP contribution in [-0.2, 0) is 0 Å². The van der Waals surface area contributed by atoms with E-state index in [1.54, 1.807) is 6.20 Å². The first-order valence-electron chi connectivity index (χ1n) is 4.03. The predicted molar refractivity (Wildman–Crippen MR) is 56.3 cm³/mol. The number of nitrogens with zero attached hydrogens (tertiary/aromatic N) is 1. The third-order valence-electron chi connectivity index (χ3n) is 1.97. The minimum Gasteiger partial charge on any atom is -0.388 e. The van der Waals surface area contributed by atoms with Crippen molar-refractivity contribution in [2.24, 2.45) is 0 Å². The Labute approximate surface area is 81.6 Å². The van der Waals surface area contributed by atoms with E-state index in [0.717, 1.165) is 21.6 Å². The van der Waals surface area contributed by atoms with Crippen molar-refractivity contribution in [3.63, 3.8) is 0 Å². The smallest absolute Gasteiger partial charge is 0.0723 e. The largest absolute Gasteiger partial charge is 0.388 e. The van der Waals surface area contributed by atoms with Gasteiger partial charge in [0.2, 0.25) is 0 Å². The van der Waals surface area contributed by atoms with Crippen LogP contribution in [0.1, 0.15) is 0 Å². The minimum absolute atomic E-state index is 0.733. The number of rotatable bonds is 1. The van der Waals surface area contributed by atoms with E-state index in [4.69, 9.17) is 11.6 Å². The fraction of sp³-hybridized carbons (Fsp3) is 0.100. The van der Waals surface area contributed by atoms with Crippen molar-refractivity contribution in [1.29, 1.82) is 0 Å². The average Bonchev–Trinajstić information content (AvgIpc) is 2.17. The highest BCUT2D eigenvalue weighted by atomic mass is 35.5. The quantitative estimate of drug-likeness (QED) is 0.752. The van der Waals surface area contributed by atoms with Crippen molar-refractivity contribution >= 4 is 28.2 Å². The zero-order valence-electron chi connectivity index (χ0n) is 7.21. The molecule has 3 heteroatoms. The Morgan fingerprint density at radius 1 is 1.31 bits per heavy atom. The first-order valence-corrected chi connectivity index (χ1v) is 4.41. The number of aromatic nitrogens is 1. The fourth-order valence-electron chi connectivity index (χ4n) is 1.34. The first-order chi connectivity index (χ1) is 6.31. The third kappa shape index (κ3) is 1.45. The van der Waals surface area contributed by atoms with E-state index in [-0.39, 0.29) is 0 Å². The molecule has 0 saturated heterocycles. The van der Waals surface area contributed by atoms with Crippen molar-refractivity contribution < 1.29 is 0 Å². The zero-order valence-corrected chi connectivity index (χ0v) is 7.97. The van der Waals surface area contributed by atoms with Crippen LogP contribution in [0.25, 0.3) is 10.9 Å². The highest BCUT2D eigenvalue weighted by Gasteiger charge is 1.99. The summed E-state index contributed by atoms with van der Waals surface area (Å²) in [5, 5.41) is 4.89. The van der Waals surface area contributed by atoms with E-state index < -0.39 is 0 Å². The van der Waals surface area contributed by atoms with Gasteiger partial charge in [-0.25, -0.2) is 0 Å². The van der Waals surface area contributed by atoms with Crippen molar-refractivity contribution in [1.82, 2.24) is 4.98 Å². The molecule has 13 heavy (non-hydrogen) atoms. The molecule has 2 aromatic rings.